The van der Waals surface area contributed by atoms with Crippen molar-refractivity contribution in [2.24, 2.45) is 0 Å². The first-order chi connectivity index (χ1) is 11.2. The van der Waals surface area contributed by atoms with Crippen LogP contribution in [0, 0.1) is 0 Å². The number of benzene rings is 1. The Hall–Kier alpha value is -2.69. The summed E-state index contributed by atoms with van der Waals surface area (Å²) < 4.78 is 0. The van der Waals surface area contributed by atoms with Crippen LogP contribution < -0.4 is 0 Å². The fraction of sp³-hybridized carbons (Fsp3) is 0.278. The molecule has 1 aromatic carbocycles. The number of aromatic nitrogens is 1. The van der Waals surface area contributed by atoms with E-state index in [1.165, 1.54) is 11.0 Å². The molecule has 3 rings (SSSR count). The summed E-state index contributed by atoms with van der Waals surface area (Å²) in [6.45, 7) is 0.494. The molecule has 0 radical (unpaired) electrons. The number of carboxylic acids is 1. The second kappa shape index (κ2) is 6.60. The molecule has 23 heavy (non-hydrogen) atoms. The van der Waals surface area contributed by atoms with Gasteiger partial charge in [-0.1, -0.05) is 24.3 Å². The first-order valence-electron chi connectivity index (χ1n) is 7.72. The van der Waals surface area contributed by atoms with Crippen molar-refractivity contribution in [2.45, 2.75) is 25.3 Å². The number of para-hydroxylation sites is 1. The van der Waals surface area contributed by atoms with Gasteiger partial charge in [0.25, 0.3) is 0 Å². The first kappa shape index (κ1) is 15.2. The second-order valence-electron chi connectivity index (χ2n) is 5.64. The summed E-state index contributed by atoms with van der Waals surface area (Å²) >= 11 is 0. The predicted molar refractivity (Wildman–Crippen MR) is 87.8 cm³/mol. The van der Waals surface area contributed by atoms with Crippen LogP contribution in [-0.4, -0.2) is 39.5 Å². The van der Waals surface area contributed by atoms with Gasteiger partial charge in [-0.05, 0) is 31.4 Å². The first-order valence-corrected chi connectivity index (χ1v) is 7.72. The molecule has 1 atom stereocenters. The van der Waals surface area contributed by atoms with E-state index in [-0.39, 0.29) is 5.91 Å². The van der Waals surface area contributed by atoms with E-state index >= 15 is 0 Å². The summed E-state index contributed by atoms with van der Waals surface area (Å²) in [5.74, 6) is -1.19. The third-order valence-corrected chi connectivity index (χ3v) is 4.14. The topological polar surface area (TPSA) is 70.5 Å². The van der Waals surface area contributed by atoms with Gasteiger partial charge >= 0.3 is 5.97 Å². The van der Waals surface area contributed by atoms with Gasteiger partial charge in [0, 0.05) is 29.8 Å². The molecule has 1 aromatic heterocycles. The van der Waals surface area contributed by atoms with Gasteiger partial charge in [-0.25, -0.2) is 4.79 Å². The van der Waals surface area contributed by atoms with Crippen molar-refractivity contribution in [1.82, 2.24) is 9.88 Å². The molecule has 1 fully saturated rings. The number of amides is 1. The van der Waals surface area contributed by atoms with E-state index in [1.807, 2.05) is 30.3 Å². The monoisotopic (exact) mass is 310 g/mol. The maximum atomic E-state index is 12.4. The Morgan fingerprint density at radius 1 is 1.22 bits per heavy atom. The number of pyridine rings is 1. The predicted octanol–water partition coefficient (Wildman–Crippen LogP) is 2.71. The number of rotatable bonds is 3. The number of nitrogens with zero attached hydrogens (tertiary/aromatic N) is 2. The van der Waals surface area contributed by atoms with Crippen LogP contribution in [0.3, 0.4) is 0 Å². The Morgan fingerprint density at radius 3 is 2.87 bits per heavy atom. The highest BCUT2D eigenvalue weighted by Gasteiger charge is 2.30. The number of carboxylic acid groups (broad SMARTS) is 1. The molecule has 0 unspecified atom stereocenters. The molecular weight excluding hydrogens is 292 g/mol. The fourth-order valence-electron chi connectivity index (χ4n) is 2.97. The number of aliphatic carboxylic acids is 1. The summed E-state index contributed by atoms with van der Waals surface area (Å²) in [5, 5.41) is 10.3. The van der Waals surface area contributed by atoms with Gasteiger partial charge in [0.15, 0.2) is 0 Å². The third kappa shape index (κ3) is 3.23. The van der Waals surface area contributed by atoms with Gasteiger partial charge in [0.2, 0.25) is 5.91 Å². The molecule has 0 aliphatic carbocycles. The number of hydrogen-bond acceptors (Lipinski definition) is 3. The zero-order valence-electron chi connectivity index (χ0n) is 12.7. The molecule has 5 heteroatoms. The molecule has 5 nitrogen and oxygen atoms in total. The number of likely N-dealkylation sites (tertiary alicyclic amines) is 1. The van der Waals surface area contributed by atoms with Crippen LogP contribution in [0.25, 0.3) is 17.0 Å². The summed E-state index contributed by atoms with van der Waals surface area (Å²) in [5.41, 5.74) is 1.67. The van der Waals surface area contributed by atoms with Crippen LogP contribution in [0.2, 0.25) is 0 Å². The Morgan fingerprint density at radius 2 is 2.04 bits per heavy atom. The van der Waals surface area contributed by atoms with Crippen LogP contribution in [0.4, 0.5) is 0 Å². The Balaban J connectivity index is 1.83. The number of hydrogen-bond donors (Lipinski definition) is 1. The normalized spacial score (nSPS) is 18.4. The number of fused-ring (bicyclic) bond motifs is 1. The van der Waals surface area contributed by atoms with Crippen molar-refractivity contribution >= 4 is 28.9 Å². The molecule has 2 aromatic rings. The Labute approximate surface area is 134 Å². The summed E-state index contributed by atoms with van der Waals surface area (Å²) in [7, 11) is 0. The summed E-state index contributed by atoms with van der Waals surface area (Å²) in [6, 6.07) is 8.89. The molecule has 118 valence electrons. The summed E-state index contributed by atoms with van der Waals surface area (Å²) in [4.78, 5) is 29.5. The molecule has 2 heterocycles. The van der Waals surface area contributed by atoms with Crippen molar-refractivity contribution in [2.75, 3.05) is 6.54 Å². The second-order valence-corrected chi connectivity index (χ2v) is 5.64. The van der Waals surface area contributed by atoms with E-state index in [0.717, 1.165) is 29.3 Å². The van der Waals surface area contributed by atoms with Gasteiger partial charge in [-0.3, -0.25) is 9.78 Å². The van der Waals surface area contributed by atoms with E-state index in [4.69, 9.17) is 0 Å². The Bertz CT molecular complexity index is 764. The van der Waals surface area contributed by atoms with Gasteiger partial charge in [-0.2, -0.15) is 0 Å². The van der Waals surface area contributed by atoms with Crippen molar-refractivity contribution in [1.29, 1.82) is 0 Å². The van der Waals surface area contributed by atoms with Crippen molar-refractivity contribution in [3.8, 4) is 0 Å². The SMILES string of the molecule is O=C(O)[C@H]1CCCCN1C(=O)C=Cc1cccc2cccnc12. The quantitative estimate of drug-likeness (QED) is 0.885. The van der Waals surface area contributed by atoms with Crippen LogP contribution in [0.15, 0.2) is 42.6 Å². The van der Waals surface area contributed by atoms with E-state index in [0.29, 0.717) is 13.0 Å². The highest BCUT2D eigenvalue weighted by molar-refractivity contribution is 5.97. The van der Waals surface area contributed by atoms with Crippen LogP contribution in [-0.2, 0) is 9.59 Å². The van der Waals surface area contributed by atoms with E-state index in [1.54, 1.807) is 12.3 Å². The number of carbonyl (C=O) groups excluding carboxylic acids is 1. The van der Waals surface area contributed by atoms with Gasteiger partial charge in [-0.15, -0.1) is 0 Å². The standard InChI is InChI=1S/C18H18N2O3/c21-16(20-12-2-1-8-15(20)18(22)23)10-9-14-6-3-5-13-7-4-11-19-17(13)14/h3-7,9-11,15H,1-2,8,12H2,(H,22,23)/t15-/m1/s1. The molecule has 1 aliphatic heterocycles. The average molecular weight is 310 g/mol. The average Bonchev–Trinajstić information content (AvgIpc) is 2.59. The minimum absolute atomic E-state index is 0.259. The molecular formula is C18H18N2O3. The highest BCUT2D eigenvalue weighted by atomic mass is 16.4. The molecule has 1 N–H and O–H groups in total. The van der Waals surface area contributed by atoms with Crippen molar-refractivity contribution in [3.63, 3.8) is 0 Å². The molecule has 0 spiro atoms. The zero-order valence-corrected chi connectivity index (χ0v) is 12.7. The largest absolute Gasteiger partial charge is 0.480 e. The Kier molecular flexibility index (Phi) is 4.37. The van der Waals surface area contributed by atoms with E-state index in [2.05, 4.69) is 4.98 Å². The van der Waals surface area contributed by atoms with Crippen LogP contribution >= 0.6 is 0 Å². The molecule has 0 bridgehead atoms. The van der Waals surface area contributed by atoms with Crippen LogP contribution in [0.1, 0.15) is 24.8 Å². The lowest BCUT2D eigenvalue weighted by Gasteiger charge is -2.32. The van der Waals surface area contributed by atoms with E-state index < -0.39 is 12.0 Å². The van der Waals surface area contributed by atoms with Gasteiger partial charge < -0.3 is 10.0 Å². The highest BCUT2D eigenvalue weighted by Crippen LogP contribution is 2.20. The number of piperidine rings is 1. The van der Waals surface area contributed by atoms with E-state index in [9.17, 15) is 14.7 Å². The van der Waals surface area contributed by atoms with Gasteiger partial charge in [0.05, 0.1) is 5.52 Å². The molecule has 1 aliphatic rings. The fourth-order valence-corrected chi connectivity index (χ4v) is 2.97. The lowest BCUT2D eigenvalue weighted by molar-refractivity contribution is -0.150. The maximum absolute atomic E-state index is 12.4. The molecule has 1 amide bonds. The lowest BCUT2D eigenvalue weighted by Crippen LogP contribution is -2.47. The minimum atomic E-state index is -0.932. The van der Waals surface area contributed by atoms with Crippen LogP contribution in [0.5, 0.6) is 0 Å². The zero-order chi connectivity index (χ0) is 16.2. The number of carbonyl (C=O) groups is 2. The van der Waals surface area contributed by atoms with Gasteiger partial charge in [0.1, 0.15) is 6.04 Å². The van der Waals surface area contributed by atoms with Crippen molar-refractivity contribution in [3.05, 3.63) is 48.2 Å². The third-order valence-electron chi connectivity index (χ3n) is 4.14. The summed E-state index contributed by atoms with van der Waals surface area (Å²) in [6.07, 6.45) is 7.09. The van der Waals surface area contributed by atoms with Crippen molar-refractivity contribution < 1.29 is 14.7 Å². The maximum Gasteiger partial charge on any atom is 0.326 e. The lowest BCUT2D eigenvalue weighted by atomic mass is 10.0. The smallest absolute Gasteiger partial charge is 0.326 e. The molecule has 1 saturated heterocycles. The molecule has 0 saturated carbocycles. The minimum Gasteiger partial charge on any atom is -0.480 e.